The molecule has 0 fully saturated rings. The minimum absolute atomic E-state index is 0.306. The number of carbonyl (C=O) groups is 1. The van der Waals surface area contributed by atoms with Crippen LogP contribution in [-0.4, -0.2) is 6.79 Å². The first-order chi connectivity index (χ1) is 6.56. The van der Waals surface area contributed by atoms with Crippen LogP contribution in [0.5, 0.6) is 0 Å². The van der Waals surface area contributed by atoms with E-state index < -0.39 is 0 Å². The number of hydrogen-bond acceptors (Lipinski definition) is 1. The highest BCUT2D eigenvalue weighted by molar-refractivity contribution is 5.10. The van der Waals surface area contributed by atoms with E-state index in [9.17, 15) is 0 Å². The van der Waals surface area contributed by atoms with Gasteiger partial charge in [-0.05, 0) is 10.8 Å². The molecule has 0 aliphatic heterocycles. The van der Waals surface area contributed by atoms with Crippen LogP contribution in [0.25, 0.3) is 0 Å². The molecule has 0 N–H and O–H groups in total. The van der Waals surface area contributed by atoms with Crippen molar-refractivity contribution in [3.8, 4) is 0 Å². The second-order valence-electron chi connectivity index (χ2n) is 5.57. The summed E-state index contributed by atoms with van der Waals surface area (Å²) in [4.78, 5) is 8.00. The van der Waals surface area contributed by atoms with Crippen molar-refractivity contribution in [3.63, 3.8) is 0 Å². The van der Waals surface area contributed by atoms with Gasteiger partial charge in [-0.3, -0.25) is 0 Å². The molecule has 0 aromatic carbocycles. The molecule has 92 valence electrons. The van der Waals surface area contributed by atoms with Crippen LogP contribution in [0.3, 0.4) is 0 Å². The van der Waals surface area contributed by atoms with Gasteiger partial charge in [0.05, 0.1) is 0 Å². The van der Waals surface area contributed by atoms with Crippen molar-refractivity contribution in [2.24, 2.45) is 10.8 Å². The van der Waals surface area contributed by atoms with E-state index in [0.717, 1.165) is 0 Å². The first-order valence-corrected chi connectivity index (χ1v) is 4.99. The third kappa shape index (κ3) is 354. The monoisotopic (exact) mass is 214 g/mol. The van der Waals surface area contributed by atoms with Crippen LogP contribution in [0.2, 0.25) is 0 Å². The van der Waals surface area contributed by atoms with Crippen molar-refractivity contribution in [1.82, 2.24) is 0 Å². The molecular weight excluding hydrogens is 184 g/mol. The third-order valence-electron chi connectivity index (χ3n) is 0.612. The fraction of sp³-hybridized carbons (Fsp3) is 0.643. The third-order valence-corrected chi connectivity index (χ3v) is 0.612. The molecule has 0 radical (unpaired) electrons. The maximum Gasteiger partial charge on any atom is 0.106 e. The van der Waals surface area contributed by atoms with Gasteiger partial charge in [0.15, 0.2) is 0 Å². The predicted molar refractivity (Wildman–Crippen MR) is 73.2 cm³/mol. The second-order valence-corrected chi connectivity index (χ2v) is 5.57. The second kappa shape index (κ2) is 13.2. The van der Waals surface area contributed by atoms with E-state index in [2.05, 4.69) is 68.2 Å². The molecule has 0 spiro atoms. The Bertz CT molecular complexity index is 115. The van der Waals surface area contributed by atoms with Crippen molar-refractivity contribution in [2.45, 2.75) is 48.5 Å². The molecule has 0 bridgehead atoms. The van der Waals surface area contributed by atoms with E-state index in [1.165, 1.54) is 0 Å². The molecule has 0 aliphatic rings. The number of hydrogen-bond donors (Lipinski definition) is 0. The van der Waals surface area contributed by atoms with Crippen LogP contribution in [-0.2, 0) is 4.79 Å². The van der Waals surface area contributed by atoms with Gasteiger partial charge in [-0.25, -0.2) is 0 Å². The van der Waals surface area contributed by atoms with Crippen LogP contribution in [0.4, 0.5) is 0 Å². The van der Waals surface area contributed by atoms with E-state index in [0.29, 0.717) is 10.8 Å². The van der Waals surface area contributed by atoms with Crippen LogP contribution in [0.15, 0.2) is 25.8 Å². The Kier molecular flexibility index (Phi) is 20.8. The van der Waals surface area contributed by atoms with Crippen molar-refractivity contribution in [3.05, 3.63) is 25.8 Å². The quantitative estimate of drug-likeness (QED) is 0.525. The first-order valence-electron chi connectivity index (χ1n) is 4.99. The van der Waals surface area contributed by atoms with Gasteiger partial charge in [-0.15, -0.1) is 19.7 Å². The minimum atomic E-state index is 0.306. The Morgan fingerprint density at radius 3 is 0.867 bits per heavy atom. The molecule has 1 heteroatoms. The normalized spacial score (nSPS) is 9.00. The fourth-order valence-corrected chi connectivity index (χ4v) is 0. The fourth-order valence-electron chi connectivity index (χ4n) is 0. The summed E-state index contributed by atoms with van der Waals surface area (Å²) in [5, 5.41) is 0. The Morgan fingerprint density at radius 1 is 0.800 bits per heavy atom. The maximum absolute atomic E-state index is 8.00. The minimum Gasteiger partial charge on any atom is -0.307 e. The molecule has 0 aromatic rings. The summed E-state index contributed by atoms with van der Waals surface area (Å²) >= 11 is 0. The molecule has 0 atom stereocenters. The van der Waals surface area contributed by atoms with Gasteiger partial charge >= 0.3 is 0 Å². The standard InChI is InChI=1S/C6H12.C5H12.C2H4.CH2O/c1-5-6(2,3)4;1-5(2,3)4;2*1-2/h5H,1H2,2-4H3;1-4H3;1-2H2;1H2. The topological polar surface area (TPSA) is 17.1 Å². The molecule has 0 rings (SSSR count). The summed E-state index contributed by atoms with van der Waals surface area (Å²) in [5.74, 6) is 0. The molecule has 0 unspecified atom stereocenters. The van der Waals surface area contributed by atoms with Gasteiger partial charge in [0.25, 0.3) is 0 Å². The summed E-state index contributed by atoms with van der Waals surface area (Å²) in [6, 6.07) is 0. The van der Waals surface area contributed by atoms with Gasteiger partial charge in [-0.2, -0.15) is 0 Å². The van der Waals surface area contributed by atoms with Gasteiger partial charge in [0.2, 0.25) is 0 Å². The van der Waals surface area contributed by atoms with Crippen LogP contribution in [0.1, 0.15) is 48.5 Å². The van der Waals surface area contributed by atoms with Gasteiger partial charge in [-0.1, -0.05) is 54.5 Å². The zero-order chi connectivity index (χ0) is 13.7. The number of allylic oxidation sites excluding steroid dienone is 1. The van der Waals surface area contributed by atoms with Crippen LogP contribution in [0, 0.1) is 10.8 Å². The van der Waals surface area contributed by atoms with Gasteiger partial charge in [0.1, 0.15) is 6.79 Å². The largest absolute Gasteiger partial charge is 0.307 e. The zero-order valence-corrected chi connectivity index (χ0v) is 11.8. The average Bonchev–Trinajstić information content (AvgIpc) is 2.07. The molecule has 0 aliphatic carbocycles. The molecule has 0 saturated heterocycles. The molecule has 0 aromatic heterocycles. The lowest BCUT2D eigenvalue weighted by atomic mass is 9.98. The Balaban J connectivity index is -0.0000000610. The van der Waals surface area contributed by atoms with E-state index in [1.54, 1.807) is 0 Å². The summed E-state index contributed by atoms with van der Waals surface area (Å²) in [5.41, 5.74) is 0.806. The lowest BCUT2D eigenvalue weighted by Crippen LogP contribution is -1.96. The molecule has 15 heavy (non-hydrogen) atoms. The van der Waals surface area contributed by atoms with Gasteiger partial charge in [0, 0.05) is 0 Å². The van der Waals surface area contributed by atoms with E-state index in [1.807, 2.05) is 12.9 Å². The van der Waals surface area contributed by atoms with Crippen LogP contribution < -0.4 is 0 Å². The summed E-state index contributed by atoms with van der Waals surface area (Å²) in [7, 11) is 0. The highest BCUT2D eigenvalue weighted by atomic mass is 16.1. The highest BCUT2D eigenvalue weighted by Gasteiger charge is 1.99. The van der Waals surface area contributed by atoms with E-state index >= 15 is 0 Å². The van der Waals surface area contributed by atoms with Crippen molar-refractivity contribution < 1.29 is 4.79 Å². The molecule has 1 nitrogen and oxygen atoms in total. The lowest BCUT2D eigenvalue weighted by Gasteiger charge is -2.08. The Morgan fingerprint density at radius 2 is 0.867 bits per heavy atom. The highest BCUT2D eigenvalue weighted by Crippen LogP contribution is 2.11. The van der Waals surface area contributed by atoms with Crippen LogP contribution >= 0.6 is 0 Å². The number of rotatable bonds is 0. The molecular formula is C14H30O. The molecule has 0 saturated carbocycles. The van der Waals surface area contributed by atoms with Gasteiger partial charge < -0.3 is 4.79 Å². The summed E-state index contributed by atoms with van der Waals surface area (Å²) < 4.78 is 0. The maximum atomic E-state index is 8.00. The Labute approximate surface area is 97.3 Å². The average molecular weight is 214 g/mol. The smallest absolute Gasteiger partial charge is 0.106 e. The van der Waals surface area contributed by atoms with Crippen molar-refractivity contribution >= 4 is 6.79 Å². The zero-order valence-electron chi connectivity index (χ0n) is 11.8. The number of carbonyl (C=O) groups excluding carboxylic acids is 1. The predicted octanol–water partition coefficient (Wildman–Crippen LogP) is 4.89. The SMILES string of the molecule is C=C.C=CC(C)(C)C.C=O.CC(C)(C)C. The van der Waals surface area contributed by atoms with E-state index in [4.69, 9.17) is 4.79 Å². The van der Waals surface area contributed by atoms with E-state index in [-0.39, 0.29) is 0 Å². The lowest BCUT2D eigenvalue weighted by molar-refractivity contribution is -0.0979. The first kappa shape index (κ1) is 23.8. The summed E-state index contributed by atoms with van der Waals surface area (Å²) in [6.07, 6.45) is 1.94. The summed E-state index contributed by atoms with van der Waals surface area (Å²) in [6.45, 7) is 26.8. The van der Waals surface area contributed by atoms with Crippen molar-refractivity contribution in [1.29, 1.82) is 0 Å². The molecule has 0 heterocycles. The molecule has 0 amide bonds. The van der Waals surface area contributed by atoms with Crippen molar-refractivity contribution in [2.75, 3.05) is 0 Å². The Hall–Kier alpha value is -0.850.